The predicted molar refractivity (Wildman–Crippen MR) is 136 cm³/mol. The van der Waals surface area contributed by atoms with Gasteiger partial charge < -0.3 is 42.2 Å². The first-order valence-electron chi connectivity index (χ1n) is 13.2. The van der Waals surface area contributed by atoms with E-state index in [1.165, 1.54) is 0 Å². The molecule has 2 heterocycles. The number of carbonyl (C=O) groups is 2. The molecule has 0 unspecified atom stereocenters. The molecular formula is C23H48N8O4. The third-order valence-electron chi connectivity index (χ3n) is 6.21. The highest BCUT2D eigenvalue weighted by atomic mass is 16.5. The molecule has 35 heavy (non-hydrogen) atoms. The Labute approximate surface area is 210 Å². The van der Waals surface area contributed by atoms with Crippen molar-refractivity contribution in [3.05, 3.63) is 0 Å². The Balaban J connectivity index is 1.26. The van der Waals surface area contributed by atoms with E-state index < -0.39 is 0 Å². The Morgan fingerprint density at radius 2 is 1.09 bits per heavy atom. The Morgan fingerprint density at radius 1 is 0.657 bits per heavy atom. The number of nitrogens with one attached hydrogen (secondary N) is 4. The van der Waals surface area contributed by atoms with Gasteiger partial charge in [-0.2, -0.15) is 0 Å². The molecule has 2 aliphatic heterocycles. The Bertz CT molecular complexity index is 538. The van der Waals surface area contributed by atoms with Crippen LogP contribution >= 0.6 is 0 Å². The number of unbranched alkanes of at least 4 members (excludes halogenated alkanes) is 2. The summed E-state index contributed by atoms with van der Waals surface area (Å²) < 4.78 is 11.1. The first kappa shape index (κ1) is 29.5. The molecule has 0 aromatic rings. The summed E-state index contributed by atoms with van der Waals surface area (Å²) in [6.45, 7) is 10.3. The van der Waals surface area contributed by atoms with Crippen molar-refractivity contribution < 1.29 is 19.1 Å². The zero-order valence-electron chi connectivity index (χ0n) is 21.3. The molecular weight excluding hydrogens is 452 g/mol. The monoisotopic (exact) mass is 500 g/mol. The predicted octanol–water partition coefficient (Wildman–Crippen LogP) is -1.15. The van der Waals surface area contributed by atoms with Crippen LogP contribution in [0.15, 0.2) is 0 Å². The maximum atomic E-state index is 11.8. The summed E-state index contributed by atoms with van der Waals surface area (Å²) in [5.41, 5.74) is 11.8. The van der Waals surface area contributed by atoms with Crippen LogP contribution in [0.3, 0.4) is 0 Å². The van der Waals surface area contributed by atoms with Gasteiger partial charge in [-0.3, -0.25) is 9.80 Å². The van der Waals surface area contributed by atoms with Crippen LogP contribution in [0.4, 0.5) is 9.59 Å². The lowest BCUT2D eigenvalue weighted by Gasteiger charge is -2.15. The van der Waals surface area contributed by atoms with Gasteiger partial charge in [0.15, 0.2) is 0 Å². The molecule has 0 radical (unpaired) electrons. The van der Waals surface area contributed by atoms with Gasteiger partial charge in [0.2, 0.25) is 0 Å². The molecule has 0 aliphatic carbocycles. The number of amides is 4. The average molecular weight is 501 g/mol. The third-order valence-corrected chi connectivity index (χ3v) is 6.21. The summed E-state index contributed by atoms with van der Waals surface area (Å²) >= 11 is 0. The summed E-state index contributed by atoms with van der Waals surface area (Å²) in [5.74, 6) is 0. The standard InChI is InChI=1S/C23H48N8O4/c24-20-4-10-30(18-20)12-16-34-14-8-28-22(32)26-6-2-1-3-7-27-23(33)29-9-15-35-17-13-31-11-5-21(25)19-31/h20-21H,1-19,24-25H2,(H2,26,28,32)(H2,27,29,33)/t20-,21-/m1/s1. The maximum absolute atomic E-state index is 11.8. The van der Waals surface area contributed by atoms with E-state index in [1.807, 2.05) is 0 Å². The number of hydrogen-bond acceptors (Lipinski definition) is 8. The number of nitrogens with zero attached hydrogens (tertiary/aromatic N) is 2. The molecule has 2 rings (SSSR count). The molecule has 12 nitrogen and oxygen atoms in total. The molecule has 204 valence electrons. The first-order valence-corrected chi connectivity index (χ1v) is 13.2. The minimum Gasteiger partial charge on any atom is -0.378 e. The molecule has 2 atom stereocenters. The number of rotatable bonds is 18. The van der Waals surface area contributed by atoms with Crippen LogP contribution in [-0.2, 0) is 9.47 Å². The van der Waals surface area contributed by atoms with Gasteiger partial charge in [0.25, 0.3) is 0 Å². The highest BCUT2D eigenvalue weighted by molar-refractivity contribution is 5.74. The van der Waals surface area contributed by atoms with E-state index >= 15 is 0 Å². The van der Waals surface area contributed by atoms with Crippen LogP contribution < -0.4 is 32.7 Å². The van der Waals surface area contributed by atoms with Gasteiger partial charge in [-0.1, -0.05) is 0 Å². The van der Waals surface area contributed by atoms with Gasteiger partial charge in [-0.15, -0.1) is 0 Å². The lowest BCUT2D eigenvalue weighted by molar-refractivity contribution is 0.113. The van der Waals surface area contributed by atoms with Crippen LogP contribution in [0.5, 0.6) is 0 Å². The van der Waals surface area contributed by atoms with E-state index in [-0.39, 0.29) is 12.1 Å². The summed E-state index contributed by atoms with van der Waals surface area (Å²) in [7, 11) is 0. The molecule has 12 heteroatoms. The molecule has 2 aliphatic rings. The topological polar surface area (TPSA) is 159 Å². The number of carbonyl (C=O) groups excluding carboxylic acids is 2. The Morgan fingerprint density at radius 3 is 1.49 bits per heavy atom. The second-order valence-electron chi connectivity index (χ2n) is 9.35. The normalized spacial score (nSPS) is 20.7. The van der Waals surface area contributed by atoms with Gasteiger partial charge in [0.05, 0.1) is 26.4 Å². The van der Waals surface area contributed by atoms with Crippen LogP contribution in [-0.4, -0.2) is 126 Å². The fourth-order valence-corrected chi connectivity index (χ4v) is 4.15. The summed E-state index contributed by atoms with van der Waals surface area (Å²) in [4.78, 5) is 28.1. The summed E-state index contributed by atoms with van der Waals surface area (Å²) in [6, 6.07) is 0.232. The zero-order chi connectivity index (χ0) is 25.1. The highest BCUT2D eigenvalue weighted by Gasteiger charge is 2.18. The number of hydrogen-bond donors (Lipinski definition) is 6. The average Bonchev–Trinajstić information content (AvgIpc) is 3.45. The zero-order valence-corrected chi connectivity index (χ0v) is 21.3. The smallest absolute Gasteiger partial charge is 0.314 e. The Hall–Kier alpha value is -1.70. The van der Waals surface area contributed by atoms with Crippen molar-refractivity contribution in [3.8, 4) is 0 Å². The van der Waals surface area contributed by atoms with Gasteiger partial charge >= 0.3 is 12.1 Å². The van der Waals surface area contributed by atoms with Crippen LogP contribution in [0.1, 0.15) is 32.1 Å². The van der Waals surface area contributed by atoms with E-state index in [1.54, 1.807) is 0 Å². The van der Waals surface area contributed by atoms with Gasteiger partial charge in [0, 0.05) is 64.4 Å². The summed E-state index contributed by atoms with van der Waals surface area (Å²) in [5, 5.41) is 11.3. The first-order chi connectivity index (χ1) is 17.0. The molecule has 0 saturated carbocycles. The number of ether oxygens (including phenoxy) is 2. The lowest BCUT2D eigenvalue weighted by atomic mass is 10.2. The fourth-order valence-electron chi connectivity index (χ4n) is 4.15. The molecule has 4 amide bonds. The Kier molecular flexibility index (Phi) is 15.7. The second-order valence-corrected chi connectivity index (χ2v) is 9.35. The summed E-state index contributed by atoms with van der Waals surface area (Å²) in [6.07, 6.45) is 4.76. The molecule has 0 aromatic carbocycles. The number of urea groups is 2. The van der Waals surface area contributed by atoms with Crippen molar-refractivity contribution in [2.24, 2.45) is 11.5 Å². The van der Waals surface area contributed by atoms with Crippen molar-refractivity contribution in [2.75, 3.05) is 91.9 Å². The van der Waals surface area contributed by atoms with Gasteiger partial charge in [-0.05, 0) is 45.2 Å². The third kappa shape index (κ3) is 15.1. The van der Waals surface area contributed by atoms with E-state index in [2.05, 4.69) is 31.1 Å². The van der Waals surface area contributed by atoms with E-state index in [0.717, 1.165) is 71.4 Å². The van der Waals surface area contributed by atoms with Gasteiger partial charge in [-0.25, -0.2) is 9.59 Å². The molecule has 0 spiro atoms. The molecule has 0 bridgehead atoms. The number of likely N-dealkylation sites (tertiary alicyclic amines) is 2. The maximum Gasteiger partial charge on any atom is 0.314 e. The van der Waals surface area contributed by atoms with Crippen molar-refractivity contribution in [2.45, 2.75) is 44.2 Å². The van der Waals surface area contributed by atoms with E-state index in [0.29, 0.717) is 64.7 Å². The lowest BCUT2D eigenvalue weighted by Crippen LogP contribution is -2.38. The minimum absolute atomic E-state index is 0.178. The van der Waals surface area contributed by atoms with E-state index in [4.69, 9.17) is 20.9 Å². The van der Waals surface area contributed by atoms with Crippen molar-refractivity contribution >= 4 is 12.1 Å². The highest BCUT2D eigenvalue weighted by Crippen LogP contribution is 2.06. The number of nitrogens with two attached hydrogens (primary N) is 2. The van der Waals surface area contributed by atoms with Crippen molar-refractivity contribution in [3.63, 3.8) is 0 Å². The molecule has 2 saturated heterocycles. The second kappa shape index (κ2) is 18.6. The molecule has 2 fully saturated rings. The van der Waals surface area contributed by atoms with Crippen molar-refractivity contribution in [1.29, 1.82) is 0 Å². The largest absolute Gasteiger partial charge is 0.378 e. The molecule has 0 aromatic heterocycles. The van der Waals surface area contributed by atoms with Crippen LogP contribution in [0.25, 0.3) is 0 Å². The van der Waals surface area contributed by atoms with Crippen LogP contribution in [0.2, 0.25) is 0 Å². The van der Waals surface area contributed by atoms with E-state index in [9.17, 15) is 9.59 Å². The minimum atomic E-state index is -0.178. The van der Waals surface area contributed by atoms with Crippen LogP contribution in [0, 0.1) is 0 Å². The van der Waals surface area contributed by atoms with Gasteiger partial charge in [0.1, 0.15) is 0 Å². The molecule has 8 N–H and O–H groups in total. The SMILES string of the molecule is N[C@@H]1CCN(CCOCCNC(=O)NCCCCCNC(=O)NCCOCCN2CC[C@@H](N)C2)C1. The van der Waals surface area contributed by atoms with Crippen molar-refractivity contribution in [1.82, 2.24) is 31.1 Å². The quantitative estimate of drug-likeness (QED) is 0.129. The fraction of sp³-hybridized carbons (Fsp3) is 0.913.